The molecule has 67 heavy (non-hydrogen) atoms. The van der Waals surface area contributed by atoms with Crippen LogP contribution < -0.4 is 0 Å². The van der Waals surface area contributed by atoms with Crippen molar-refractivity contribution in [2.24, 2.45) is 0 Å². The minimum absolute atomic E-state index is 0.177. The van der Waals surface area contributed by atoms with Gasteiger partial charge in [-0.1, -0.05) is 196 Å². The Kier molecular flexibility index (Phi) is 46.8. The van der Waals surface area contributed by atoms with Crippen LogP contribution in [0.3, 0.4) is 0 Å². The second kappa shape index (κ2) is 49.2. The smallest absolute Gasteiger partial charge is 0.361 e. The van der Waals surface area contributed by atoms with Gasteiger partial charge in [0.2, 0.25) is 0 Å². The number of carboxylic acid groups (broad SMARTS) is 1. The van der Waals surface area contributed by atoms with Crippen LogP contribution in [0.2, 0.25) is 0 Å². The van der Waals surface area contributed by atoms with Crippen LogP contribution in [0.15, 0.2) is 72.9 Å². The fourth-order valence-corrected chi connectivity index (χ4v) is 7.27. The maximum absolute atomic E-state index is 12.8. The Morgan fingerprint density at radius 3 is 1.30 bits per heavy atom. The first-order valence-corrected chi connectivity index (χ1v) is 27.1. The molecule has 0 aromatic carbocycles. The zero-order valence-electron chi connectivity index (χ0n) is 43.8. The van der Waals surface area contributed by atoms with E-state index in [1.807, 2.05) is 21.1 Å². The van der Waals surface area contributed by atoms with E-state index >= 15 is 0 Å². The van der Waals surface area contributed by atoms with Gasteiger partial charge in [-0.25, -0.2) is 4.79 Å². The maximum Gasteiger partial charge on any atom is 0.361 e. The van der Waals surface area contributed by atoms with Gasteiger partial charge in [-0.15, -0.1) is 0 Å². The summed E-state index contributed by atoms with van der Waals surface area (Å²) in [6, 6.07) is 0. The number of hydrogen-bond acceptors (Lipinski definition) is 7. The van der Waals surface area contributed by atoms with Gasteiger partial charge in [-0.05, 0) is 83.5 Å². The van der Waals surface area contributed by atoms with E-state index in [2.05, 4.69) is 86.8 Å². The van der Waals surface area contributed by atoms with E-state index in [4.69, 9.17) is 18.9 Å². The minimum Gasteiger partial charge on any atom is -0.477 e. The molecular formula is C58H102NO8+. The Morgan fingerprint density at radius 1 is 0.463 bits per heavy atom. The van der Waals surface area contributed by atoms with Crippen LogP contribution in [-0.2, 0) is 33.3 Å². The predicted molar refractivity (Wildman–Crippen MR) is 281 cm³/mol. The molecule has 2 unspecified atom stereocenters. The number of ether oxygens (including phenoxy) is 4. The number of nitrogens with zero attached hydrogens (tertiary/aromatic N) is 1. The standard InChI is InChI=1S/C58H101NO8/c1-6-8-10-12-14-16-18-20-22-23-24-25-26-27-28-29-30-31-32-33-35-36-38-40-42-44-46-48-55(60)65-52-54(53-66-58(57(62)63)64-51-50-59(3,4)5)67-56(61)49-47-45-43-41-39-37-34-21-19-17-15-13-11-9-7-2/h9,11,15,17-18,20-21,23-24,34,39,41,54,58H,6-8,10,12-14,16,19,22,25-33,35-38,40,42-53H2,1-5H3/p+1/b11-9-,17-15-,20-18-,24-23-,34-21-,41-39-. The first-order chi connectivity index (χ1) is 32.6. The van der Waals surface area contributed by atoms with E-state index in [1.165, 1.54) is 122 Å². The Bertz CT molecular complexity index is 1330. The molecule has 0 rings (SSSR count). The molecule has 0 heterocycles. The fourth-order valence-electron chi connectivity index (χ4n) is 7.27. The Balaban J connectivity index is 4.24. The molecule has 0 aliphatic rings. The van der Waals surface area contributed by atoms with E-state index in [0.29, 0.717) is 23.9 Å². The summed E-state index contributed by atoms with van der Waals surface area (Å²) in [5, 5.41) is 9.67. The quantitative estimate of drug-likeness (QED) is 0.0211. The molecule has 0 saturated carbocycles. The number of allylic oxidation sites excluding steroid dienone is 12. The summed E-state index contributed by atoms with van der Waals surface area (Å²) in [6.45, 7) is 4.70. The molecule has 0 bridgehead atoms. The molecular weight excluding hydrogens is 839 g/mol. The number of carboxylic acids is 1. The Hall–Kier alpha value is -3.27. The van der Waals surface area contributed by atoms with Gasteiger partial charge >= 0.3 is 17.9 Å². The van der Waals surface area contributed by atoms with Gasteiger partial charge in [-0.2, -0.15) is 0 Å². The molecule has 0 fully saturated rings. The van der Waals surface area contributed by atoms with Crippen molar-refractivity contribution >= 4 is 17.9 Å². The highest BCUT2D eigenvalue weighted by Crippen LogP contribution is 2.15. The molecule has 0 amide bonds. The monoisotopic (exact) mass is 941 g/mol. The molecule has 0 radical (unpaired) electrons. The summed E-state index contributed by atoms with van der Waals surface area (Å²) in [4.78, 5) is 37.3. The molecule has 1 N–H and O–H groups in total. The molecule has 2 atom stereocenters. The molecule has 0 aromatic heterocycles. The first-order valence-electron chi connectivity index (χ1n) is 27.1. The highest BCUT2D eigenvalue weighted by Gasteiger charge is 2.25. The number of rotatable bonds is 49. The van der Waals surface area contributed by atoms with Crippen molar-refractivity contribution in [3.63, 3.8) is 0 Å². The van der Waals surface area contributed by atoms with Gasteiger partial charge in [0.25, 0.3) is 6.29 Å². The lowest BCUT2D eigenvalue weighted by atomic mass is 10.0. The predicted octanol–water partition coefficient (Wildman–Crippen LogP) is 15.5. The van der Waals surface area contributed by atoms with Crippen LogP contribution in [0.1, 0.15) is 219 Å². The third kappa shape index (κ3) is 50.4. The second-order valence-corrected chi connectivity index (χ2v) is 19.2. The molecule has 386 valence electrons. The zero-order valence-corrected chi connectivity index (χ0v) is 43.8. The Morgan fingerprint density at radius 2 is 0.851 bits per heavy atom. The van der Waals surface area contributed by atoms with Gasteiger partial charge in [0.15, 0.2) is 6.10 Å². The van der Waals surface area contributed by atoms with Crippen molar-refractivity contribution in [1.29, 1.82) is 0 Å². The number of carbonyl (C=O) groups is 3. The van der Waals surface area contributed by atoms with Crippen molar-refractivity contribution in [1.82, 2.24) is 0 Å². The van der Waals surface area contributed by atoms with Gasteiger partial charge in [0.05, 0.1) is 34.4 Å². The lowest BCUT2D eigenvalue weighted by molar-refractivity contribution is -0.870. The van der Waals surface area contributed by atoms with Crippen LogP contribution in [0.25, 0.3) is 0 Å². The van der Waals surface area contributed by atoms with Crippen molar-refractivity contribution in [3.05, 3.63) is 72.9 Å². The minimum atomic E-state index is -1.52. The third-order valence-electron chi connectivity index (χ3n) is 11.4. The lowest BCUT2D eigenvalue weighted by Crippen LogP contribution is -2.40. The summed E-state index contributed by atoms with van der Waals surface area (Å²) < 4.78 is 22.8. The van der Waals surface area contributed by atoms with Crippen LogP contribution in [0, 0.1) is 0 Å². The maximum atomic E-state index is 12.8. The second-order valence-electron chi connectivity index (χ2n) is 19.2. The van der Waals surface area contributed by atoms with Gasteiger partial charge in [0.1, 0.15) is 13.2 Å². The number of likely N-dealkylation sites (N-methyl/N-ethyl adjacent to an activating group) is 1. The number of carbonyl (C=O) groups excluding carboxylic acids is 2. The number of unbranched alkanes of at least 4 members (excludes halogenated alkanes) is 22. The third-order valence-corrected chi connectivity index (χ3v) is 11.4. The van der Waals surface area contributed by atoms with E-state index < -0.39 is 24.3 Å². The molecule has 9 heteroatoms. The van der Waals surface area contributed by atoms with Crippen molar-refractivity contribution in [2.75, 3.05) is 47.5 Å². The van der Waals surface area contributed by atoms with Crippen LogP contribution in [0.4, 0.5) is 0 Å². The highest BCUT2D eigenvalue weighted by molar-refractivity contribution is 5.71. The highest BCUT2D eigenvalue weighted by atomic mass is 16.7. The zero-order chi connectivity index (χ0) is 49.2. The van der Waals surface area contributed by atoms with Crippen LogP contribution in [-0.4, -0.2) is 87.4 Å². The van der Waals surface area contributed by atoms with Gasteiger partial charge < -0.3 is 28.5 Å². The number of aliphatic carboxylic acids is 1. The van der Waals surface area contributed by atoms with E-state index in [-0.39, 0.29) is 32.2 Å². The summed E-state index contributed by atoms with van der Waals surface area (Å²) in [5.41, 5.74) is 0. The van der Waals surface area contributed by atoms with E-state index in [9.17, 15) is 19.5 Å². The van der Waals surface area contributed by atoms with Crippen molar-refractivity contribution in [3.8, 4) is 0 Å². The van der Waals surface area contributed by atoms with Crippen LogP contribution >= 0.6 is 0 Å². The number of quaternary nitrogens is 1. The van der Waals surface area contributed by atoms with Gasteiger partial charge in [0, 0.05) is 12.8 Å². The summed E-state index contributed by atoms with van der Waals surface area (Å²) >= 11 is 0. The molecule has 9 nitrogen and oxygen atoms in total. The lowest BCUT2D eigenvalue weighted by Gasteiger charge is -2.25. The van der Waals surface area contributed by atoms with E-state index in [0.717, 1.165) is 64.2 Å². The average Bonchev–Trinajstić information content (AvgIpc) is 3.29. The van der Waals surface area contributed by atoms with Crippen molar-refractivity contribution in [2.45, 2.75) is 232 Å². The normalized spacial score (nSPS) is 13.4. The summed E-state index contributed by atoms with van der Waals surface area (Å²) in [7, 11) is 5.94. The summed E-state index contributed by atoms with van der Waals surface area (Å²) in [5.74, 6) is -2.06. The first kappa shape index (κ1) is 63.7. The number of esters is 2. The fraction of sp³-hybridized carbons (Fsp3) is 0.741. The Labute approximate surface area is 411 Å². The molecule has 0 aliphatic heterocycles. The molecule has 0 spiro atoms. The SMILES string of the molecule is CC/C=C\C/C=C\C/C=C\C/C=C\CCCCC(=O)OC(COC(=O)CCCCCCCCCCCCCCCCC/C=C\C/C=C\CCCCCCC)COC(OCC[N+](C)(C)C)C(=O)O. The molecule has 0 aromatic rings. The van der Waals surface area contributed by atoms with Crippen molar-refractivity contribution < 1.29 is 42.9 Å². The van der Waals surface area contributed by atoms with Crippen LogP contribution in [0.5, 0.6) is 0 Å². The topological polar surface area (TPSA) is 108 Å². The average molecular weight is 941 g/mol. The van der Waals surface area contributed by atoms with Gasteiger partial charge in [-0.3, -0.25) is 9.59 Å². The number of hydrogen-bond donors (Lipinski definition) is 1. The summed E-state index contributed by atoms with van der Waals surface area (Å²) in [6.07, 6.45) is 59.9. The van der Waals surface area contributed by atoms with E-state index in [1.54, 1.807) is 0 Å². The molecule has 0 saturated heterocycles. The largest absolute Gasteiger partial charge is 0.477 e. The molecule has 0 aliphatic carbocycles.